The third-order valence-corrected chi connectivity index (χ3v) is 2.15. The van der Waals surface area contributed by atoms with Crippen LogP contribution in [0.2, 0.25) is 0 Å². The van der Waals surface area contributed by atoms with Gasteiger partial charge in [-0.05, 0) is 28.5 Å². The van der Waals surface area contributed by atoms with Crippen molar-refractivity contribution in [2.45, 2.75) is 0 Å². The Balaban J connectivity index is 0.000000471. The Kier molecular flexibility index (Phi) is 7.48. The Morgan fingerprint density at radius 2 is 1.53 bits per heavy atom. The van der Waals surface area contributed by atoms with Gasteiger partial charge in [-0.15, -0.1) is 0 Å². The maximum absolute atomic E-state index is 10.5. The van der Waals surface area contributed by atoms with Gasteiger partial charge in [0.2, 0.25) is 0 Å². The molecule has 0 spiro atoms. The summed E-state index contributed by atoms with van der Waals surface area (Å²) in [6.07, 6.45) is 0.722. The molecule has 4 nitrogen and oxygen atoms in total. The Bertz CT molecular complexity index is 593. The molecule has 19 heavy (non-hydrogen) atoms. The van der Waals surface area contributed by atoms with Gasteiger partial charge in [-0.25, -0.2) is 0 Å². The molecule has 0 fully saturated rings. The van der Waals surface area contributed by atoms with E-state index >= 15 is 0 Å². The van der Waals surface area contributed by atoms with Crippen molar-refractivity contribution < 1.29 is 19.8 Å². The fourth-order valence-electron chi connectivity index (χ4n) is 1.32. The van der Waals surface area contributed by atoms with Gasteiger partial charge in [0.05, 0.1) is 11.9 Å². The van der Waals surface area contributed by atoms with Gasteiger partial charge in [0.25, 0.3) is 0 Å². The maximum Gasteiger partial charge on any atom is 2.00 e. The van der Waals surface area contributed by atoms with Crippen molar-refractivity contribution in [1.82, 2.24) is 0 Å². The van der Waals surface area contributed by atoms with Crippen LogP contribution < -0.4 is 10.2 Å². The number of rotatable bonds is 2. The molecule has 0 aliphatic heterocycles. The van der Waals surface area contributed by atoms with E-state index in [1.807, 2.05) is 24.3 Å². The molecule has 2 aromatic carbocycles. The Labute approximate surface area is 126 Å². The largest absolute Gasteiger partial charge is 2.00 e. The number of carbonyl (C=O) groups excluding carboxylic acids is 2. The summed E-state index contributed by atoms with van der Waals surface area (Å²) in [6, 6.07) is 12.6. The van der Waals surface area contributed by atoms with E-state index in [0.29, 0.717) is 0 Å². The summed E-state index contributed by atoms with van der Waals surface area (Å²) in [6.45, 7) is 2.90. The van der Waals surface area contributed by atoms with E-state index in [-0.39, 0.29) is 28.6 Å². The van der Waals surface area contributed by atoms with Gasteiger partial charge in [-0.1, -0.05) is 43.0 Å². The molecule has 0 heterocycles. The Hall–Kier alpha value is -1.85. The van der Waals surface area contributed by atoms with Crippen LogP contribution in [0, 0.1) is 0 Å². The summed E-state index contributed by atoms with van der Waals surface area (Å²) in [7, 11) is 0. The van der Waals surface area contributed by atoms with E-state index < -0.39 is 11.9 Å². The molecule has 0 aromatic heterocycles. The van der Waals surface area contributed by atoms with Crippen molar-refractivity contribution in [3.05, 3.63) is 60.7 Å². The van der Waals surface area contributed by atoms with Crippen LogP contribution in [0.5, 0.6) is 0 Å². The van der Waals surface area contributed by atoms with Crippen molar-refractivity contribution in [3.8, 4) is 0 Å². The average molecular weight is 267 g/mol. The molecule has 0 atom stereocenters. The second-order valence-corrected chi connectivity index (χ2v) is 3.37. The minimum atomic E-state index is -1.23. The number of fused-ring (bicyclic) bond motifs is 1. The van der Waals surface area contributed by atoms with E-state index in [9.17, 15) is 9.90 Å². The molecule has 0 radical (unpaired) electrons. The van der Waals surface area contributed by atoms with E-state index in [1.165, 1.54) is 0 Å². The minimum Gasteiger partial charge on any atom is -0.545 e. The third kappa shape index (κ3) is 5.54. The van der Waals surface area contributed by atoms with Gasteiger partial charge >= 0.3 is 23.1 Å². The van der Waals surface area contributed by atoms with Crippen LogP contribution in [0.4, 0.5) is 0 Å². The average Bonchev–Trinajstić information content (AvgIpc) is 2.38. The van der Waals surface area contributed by atoms with Crippen LogP contribution in [-0.2, 0) is 4.79 Å². The molecule has 0 unspecified atom stereocenters. The first-order valence-corrected chi connectivity index (χ1v) is 5.08. The number of hydrogen-bond donors (Lipinski definition) is 0. The number of aromatic carboxylic acids is 1. The molecule has 2 rings (SSSR count). The van der Waals surface area contributed by atoms with Crippen molar-refractivity contribution in [2.24, 2.45) is 0 Å². The summed E-state index contributed by atoms with van der Waals surface area (Å²) in [5, 5.41) is 21.6. The molecule has 2 aromatic rings. The second kappa shape index (κ2) is 8.28. The SMILES string of the molecule is C=CC(=O)[O-].O=C([O-])c1ccc2ccccc2c1.[Mg+2]. The zero-order valence-electron chi connectivity index (χ0n) is 10.2. The summed E-state index contributed by atoms with van der Waals surface area (Å²) in [5.41, 5.74) is 0.221. The fourth-order valence-corrected chi connectivity index (χ4v) is 1.32. The second-order valence-electron chi connectivity index (χ2n) is 3.37. The number of carbonyl (C=O) groups is 2. The monoisotopic (exact) mass is 266 g/mol. The quantitative estimate of drug-likeness (QED) is 0.554. The van der Waals surface area contributed by atoms with Gasteiger partial charge in [-0.3, -0.25) is 0 Å². The van der Waals surface area contributed by atoms with Crippen molar-refractivity contribution in [1.29, 1.82) is 0 Å². The van der Waals surface area contributed by atoms with Crippen molar-refractivity contribution in [2.75, 3.05) is 0 Å². The zero-order chi connectivity index (χ0) is 13.5. The summed E-state index contributed by atoms with van der Waals surface area (Å²) in [5.74, 6) is -2.37. The molecule has 0 saturated heterocycles. The van der Waals surface area contributed by atoms with E-state index in [0.717, 1.165) is 16.8 Å². The molecule has 0 aliphatic carbocycles. The van der Waals surface area contributed by atoms with Crippen LogP contribution in [0.1, 0.15) is 10.4 Å². The van der Waals surface area contributed by atoms with Gasteiger partial charge in [0.1, 0.15) is 0 Å². The van der Waals surface area contributed by atoms with Crippen LogP contribution in [0.3, 0.4) is 0 Å². The summed E-state index contributed by atoms with van der Waals surface area (Å²) < 4.78 is 0. The van der Waals surface area contributed by atoms with E-state index in [1.54, 1.807) is 18.2 Å². The molecule has 0 bridgehead atoms. The molecule has 5 heteroatoms. The maximum atomic E-state index is 10.5. The first-order chi connectivity index (χ1) is 8.54. The van der Waals surface area contributed by atoms with Crippen molar-refractivity contribution in [3.63, 3.8) is 0 Å². The fraction of sp³-hybridized carbons (Fsp3) is 0. The molecule has 0 aliphatic rings. The summed E-state index contributed by atoms with van der Waals surface area (Å²) >= 11 is 0. The molecular formula is C14H10MgO4. The van der Waals surface area contributed by atoms with Gasteiger partial charge in [0, 0.05) is 0 Å². The zero-order valence-corrected chi connectivity index (χ0v) is 11.6. The van der Waals surface area contributed by atoms with E-state index in [2.05, 4.69) is 6.58 Å². The molecule has 0 N–H and O–H groups in total. The van der Waals surface area contributed by atoms with Gasteiger partial charge in [0.15, 0.2) is 0 Å². The van der Waals surface area contributed by atoms with Crippen LogP contribution in [0.25, 0.3) is 10.8 Å². The topological polar surface area (TPSA) is 80.3 Å². The predicted molar refractivity (Wildman–Crippen MR) is 69.2 cm³/mol. The molecular weight excluding hydrogens is 256 g/mol. The Morgan fingerprint density at radius 1 is 1.00 bits per heavy atom. The predicted octanol–water partition coefficient (Wildman–Crippen LogP) is -0.255. The van der Waals surface area contributed by atoms with Gasteiger partial charge in [-0.2, -0.15) is 0 Å². The normalized spacial score (nSPS) is 8.63. The molecule has 92 valence electrons. The number of carboxylic acid groups (broad SMARTS) is 2. The number of aliphatic carboxylic acids is 1. The first-order valence-electron chi connectivity index (χ1n) is 5.08. The van der Waals surface area contributed by atoms with Gasteiger partial charge < -0.3 is 19.8 Å². The summed E-state index contributed by atoms with van der Waals surface area (Å²) in [4.78, 5) is 19.7. The van der Waals surface area contributed by atoms with E-state index in [4.69, 9.17) is 9.90 Å². The number of carboxylic acids is 2. The first kappa shape index (κ1) is 17.1. The minimum absolute atomic E-state index is 0. The van der Waals surface area contributed by atoms with Crippen LogP contribution >= 0.6 is 0 Å². The van der Waals surface area contributed by atoms with Crippen molar-refractivity contribution >= 4 is 45.8 Å². The standard InChI is InChI=1S/C11H8O2.C3H4O2.Mg/c12-11(13)10-6-5-8-3-1-2-4-9(8)7-10;1-2-3(4)5;/h1-7H,(H,12,13);2H,1H2,(H,4,5);/q;;+2/p-2. The third-order valence-electron chi connectivity index (χ3n) is 2.15. The number of benzene rings is 2. The van der Waals surface area contributed by atoms with Crippen LogP contribution in [-0.4, -0.2) is 35.0 Å². The Morgan fingerprint density at radius 3 is 2.00 bits per heavy atom. The van der Waals surface area contributed by atoms with Crippen LogP contribution in [0.15, 0.2) is 55.1 Å². The molecule has 0 saturated carbocycles. The number of hydrogen-bond acceptors (Lipinski definition) is 4. The smallest absolute Gasteiger partial charge is 0.545 e. The molecule has 0 amide bonds.